The summed E-state index contributed by atoms with van der Waals surface area (Å²) < 4.78 is 6.47. The van der Waals surface area contributed by atoms with Crippen LogP contribution in [0.5, 0.6) is 0 Å². The van der Waals surface area contributed by atoms with E-state index in [1.807, 2.05) is 6.07 Å². The Morgan fingerprint density at radius 3 is 2.85 bits per heavy atom. The molecule has 1 aliphatic heterocycles. The molecule has 9 heteroatoms. The lowest BCUT2D eigenvalue weighted by Gasteiger charge is -2.28. The van der Waals surface area contributed by atoms with Crippen molar-refractivity contribution in [2.45, 2.75) is 13.3 Å². The third-order valence-electron chi connectivity index (χ3n) is 5.59. The molecule has 172 valence electrons. The SMILES string of the molecule is CCc1ccc2nc(N(CCN3CCOCC3)C(=O)/C=C/c3cccc([N+](=O)[O-])c3)sc2c1. The van der Waals surface area contributed by atoms with Crippen LogP contribution in [-0.2, 0) is 16.0 Å². The Bertz CT molecular complexity index is 1170. The van der Waals surface area contributed by atoms with Gasteiger partial charge in [0.15, 0.2) is 5.13 Å². The summed E-state index contributed by atoms with van der Waals surface area (Å²) in [5.41, 5.74) is 2.70. The van der Waals surface area contributed by atoms with Gasteiger partial charge in [-0.2, -0.15) is 0 Å². The number of non-ortho nitro benzene ring substituents is 1. The van der Waals surface area contributed by atoms with Crippen molar-refractivity contribution in [3.8, 4) is 0 Å². The Labute approximate surface area is 196 Å². The number of amides is 1. The van der Waals surface area contributed by atoms with Crippen LogP contribution in [0.25, 0.3) is 16.3 Å². The molecule has 0 atom stereocenters. The molecule has 0 radical (unpaired) electrons. The van der Waals surface area contributed by atoms with E-state index in [0.29, 0.717) is 30.5 Å². The van der Waals surface area contributed by atoms with E-state index in [4.69, 9.17) is 9.72 Å². The third kappa shape index (κ3) is 5.81. The molecular formula is C24H26N4O4S. The highest BCUT2D eigenvalue weighted by Gasteiger charge is 2.20. The van der Waals surface area contributed by atoms with Gasteiger partial charge in [0, 0.05) is 44.4 Å². The Balaban J connectivity index is 1.58. The summed E-state index contributed by atoms with van der Waals surface area (Å²) in [6.45, 7) is 6.40. The number of ether oxygens (including phenoxy) is 1. The number of anilines is 1. The lowest BCUT2D eigenvalue weighted by atomic mass is 10.2. The molecule has 33 heavy (non-hydrogen) atoms. The van der Waals surface area contributed by atoms with Gasteiger partial charge in [-0.1, -0.05) is 36.5 Å². The normalized spacial score (nSPS) is 14.7. The number of carbonyl (C=O) groups excluding carboxylic acids is 1. The van der Waals surface area contributed by atoms with Crippen LogP contribution in [0.15, 0.2) is 48.5 Å². The number of aromatic nitrogens is 1. The number of hydrogen-bond donors (Lipinski definition) is 0. The lowest BCUT2D eigenvalue weighted by Crippen LogP contribution is -2.42. The van der Waals surface area contributed by atoms with Crippen molar-refractivity contribution < 1.29 is 14.5 Å². The van der Waals surface area contributed by atoms with E-state index in [2.05, 4.69) is 24.0 Å². The molecule has 3 aromatic rings. The molecular weight excluding hydrogens is 440 g/mol. The molecule has 2 heterocycles. The number of rotatable bonds is 8. The Morgan fingerprint density at radius 2 is 2.09 bits per heavy atom. The van der Waals surface area contributed by atoms with E-state index >= 15 is 0 Å². The van der Waals surface area contributed by atoms with Gasteiger partial charge in [-0.3, -0.25) is 24.7 Å². The van der Waals surface area contributed by atoms with Crippen molar-refractivity contribution in [1.29, 1.82) is 0 Å². The molecule has 1 aromatic heterocycles. The summed E-state index contributed by atoms with van der Waals surface area (Å²) in [5.74, 6) is -0.204. The molecule has 0 spiro atoms. The molecule has 1 amide bonds. The topological polar surface area (TPSA) is 88.8 Å². The summed E-state index contributed by atoms with van der Waals surface area (Å²) in [6, 6.07) is 12.4. The van der Waals surface area contributed by atoms with Crippen LogP contribution in [0.1, 0.15) is 18.1 Å². The average Bonchev–Trinajstić information content (AvgIpc) is 3.26. The second-order valence-corrected chi connectivity index (χ2v) is 8.79. The number of aryl methyl sites for hydroxylation is 1. The Hall–Kier alpha value is -3.14. The van der Waals surface area contributed by atoms with Crippen LogP contribution in [0, 0.1) is 10.1 Å². The number of benzene rings is 2. The largest absolute Gasteiger partial charge is 0.379 e. The van der Waals surface area contributed by atoms with Gasteiger partial charge in [0.05, 0.1) is 28.4 Å². The fourth-order valence-corrected chi connectivity index (χ4v) is 4.72. The maximum absolute atomic E-state index is 13.2. The van der Waals surface area contributed by atoms with Crippen LogP contribution in [0.4, 0.5) is 10.8 Å². The number of thiazole rings is 1. The molecule has 0 bridgehead atoms. The van der Waals surface area contributed by atoms with Gasteiger partial charge in [-0.05, 0) is 35.8 Å². The quantitative estimate of drug-likeness (QED) is 0.282. The molecule has 0 unspecified atom stereocenters. The summed E-state index contributed by atoms with van der Waals surface area (Å²) in [4.78, 5) is 32.5. The molecule has 8 nitrogen and oxygen atoms in total. The van der Waals surface area contributed by atoms with Gasteiger partial charge in [0.25, 0.3) is 11.6 Å². The van der Waals surface area contributed by atoms with Gasteiger partial charge >= 0.3 is 0 Å². The first-order valence-electron chi connectivity index (χ1n) is 11.0. The number of nitro benzene ring substituents is 1. The zero-order chi connectivity index (χ0) is 23.2. The summed E-state index contributed by atoms with van der Waals surface area (Å²) in [7, 11) is 0. The van der Waals surface area contributed by atoms with Crippen LogP contribution in [0.2, 0.25) is 0 Å². The summed E-state index contributed by atoms with van der Waals surface area (Å²) >= 11 is 1.51. The maximum Gasteiger partial charge on any atom is 0.270 e. The van der Waals surface area contributed by atoms with E-state index in [1.165, 1.54) is 35.1 Å². The number of morpholine rings is 1. The highest BCUT2D eigenvalue weighted by atomic mass is 32.1. The summed E-state index contributed by atoms with van der Waals surface area (Å²) in [6.07, 6.45) is 4.01. The van der Waals surface area contributed by atoms with Gasteiger partial charge in [0.1, 0.15) is 0 Å². The molecule has 0 N–H and O–H groups in total. The second-order valence-electron chi connectivity index (χ2n) is 7.78. The van der Waals surface area contributed by atoms with Crippen molar-refractivity contribution in [1.82, 2.24) is 9.88 Å². The van der Waals surface area contributed by atoms with Crippen molar-refractivity contribution in [2.75, 3.05) is 44.3 Å². The van der Waals surface area contributed by atoms with Gasteiger partial charge in [-0.25, -0.2) is 4.98 Å². The van der Waals surface area contributed by atoms with E-state index in [1.54, 1.807) is 23.1 Å². The molecule has 1 saturated heterocycles. The fourth-order valence-electron chi connectivity index (χ4n) is 3.66. The predicted octanol–water partition coefficient (Wildman–Crippen LogP) is 4.15. The molecule has 0 aliphatic carbocycles. The van der Waals surface area contributed by atoms with Crippen LogP contribution in [0.3, 0.4) is 0 Å². The predicted molar refractivity (Wildman–Crippen MR) is 131 cm³/mol. The van der Waals surface area contributed by atoms with Crippen LogP contribution in [-0.4, -0.2) is 60.1 Å². The van der Waals surface area contributed by atoms with Crippen molar-refractivity contribution in [2.24, 2.45) is 0 Å². The van der Waals surface area contributed by atoms with Crippen LogP contribution >= 0.6 is 11.3 Å². The van der Waals surface area contributed by atoms with Gasteiger partial charge in [0.2, 0.25) is 0 Å². The van der Waals surface area contributed by atoms with E-state index in [-0.39, 0.29) is 11.6 Å². The first-order valence-corrected chi connectivity index (χ1v) is 11.8. The number of nitrogens with zero attached hydrogens (tertiary/aromatic N) is 4. The standard InChI is InChI=1S/C24H26N4O4S/c1-2-18-6-8-21-22(17-18)33-24(25-21)27(11-10-26-12-14-32-15-13-26)23(29)9-7-19-4-3-5-20(16-19)28(30)31/h3-9,16-17H,2,10-15H2,1H3/b9-7+. The minimum atomic E-state index is -0.445. The van der Waals surface area contributed by atoms with E-state index in [0.717, 1.165) is 36.3 Å². The van der Waals surface area contributed by atoms with Crippen molar-refractivity contribution in [3.63, 3.8) is 0 Å². The first kappa shape index (κ1) is 23.0. The Morgan fingerprint density at radius 1 is 1.27 bits per heavy atom. The second kappa shape index (κ2) is 10.7. The zero-order valence-electron chi connectivity index (χ0n) is 18.5. The van der Waals surface area contributed by atoms with E-state index < -0.39 is 4.92 Å². The highest BCUT2D eigenvalue weighted by molar-refractivity contribution is 7.22. The fraction of sp³-hybridized carbons (Fsp3) is 0.333. The lowest BCUT2D eigenvalue weighted by molar-refractivity contribution is -0.384. The maximum atomic E-state index is 13.2. The zero-order valence-corrected chi connectivity index (χ0v) is 19.3. The highest BCUT2D eigenvalue weighted by Crippen LogP contribution is 2.30. The van der Waals surface area contributed by atoms with Crippen molar-refractivity contribution >= 4 is 44.4 Å². The molecule has 0 saturated carbocycles. The summed E-state index contributed by atoms with van der Waals surface area (Å²) in [5, 5.41) is 11.7. The first-order chi connectivity index (χ1) is 16.0. The minimum Gasteiger partial charge on any atom is -0.379 e. The number of nitro groups is 1. The molecule has 2 aromatic carbocycles. The number of hydrogen-bond acceptors (Lipinski definition) is 7. The smallest absolute Gasteiger partial charge is 0.270 e. The average molecular weight is 467 g/mol. The Kier molecular flexibility index (Phi) is 7.43. The molecule has 1 aliphatic rings. The monoisotopic (exact) mass is 466 g/mol. The van der Waals surface area contributed by atoms with Crippen molar-refractivity contribution in [3.05, 3.63) is 69.8 Å². The minimum absolute atomic E-state index is 0.00771. The van der Waals surface area contributed by atoms with E-state index in [9.17, 15) is 14.9 Å². The van der Waals surface area contributed by atoms with Crippen LogP contribution < -0.4 is 4.90 Å². The molecule has 4 rings (SSSR count). The van der Waals surface area contributed by atoms with Gasteiger partial charge < -0.3 is 4.74 Å². The molecule has 1 fully saturated rings. The third-order valence-corrected chi connectivity index (χ3v) is 6.63. The number of carbonyl (C=O) groups is 1. The number of fused-ring (bicyclic) bond motifs is 1. The van der Waals surface area contributed by atoms with Gasteiger partial charge in [-0.15, -0.1) is 0 Å².